The molecule has 1 aromatic rings. The van der Waals surface area contributed by atoms with Crippen LogP contribution in [-0.4, -0.2) is 36.6 Å². The molecule has 0 saturated heterocycles. The summed E-state index contributed by atoms with van der Waals surface area (Å²) in [5.41, 5.74) is 1.03. The molecular formula is C15H24ClN3O. The molecule has 20 heavy (non-hydrogen) atoms. The van der Waals surface area contributed by atoms with E-state index in [-0.39, 0.29) is 6.03 Å². The van der Waals surface area contributed by atoms with Gasteiger partial charge in [-0.1, -0.05) is 30.7 Å². The lowest BCUT2D eigenvalue weighted by Gasteiger charge is -2.24. The zero-order valence-electron chi connectivity index (χ0n) is 12.4. The average Bonchev–Trinajstić information content (AvgIpc) is 2.42. The van der Waals surface area contributed by atoms with Gasteiger partial charge in [-0.3, -0.25) is 4.90 Å². The number of hydrogen-bond donors (Lipinski definition) is 2. The Morgan fingerprint density at radius 1 is 1.25 bits per heavy atom. The minimum atomic E-state index is -0.139. The Morgan fingerprint density at radius 3 is 2.45 bits per heavy atom. The zero-order chi connectivity index (χ0) is 15.0. The first-order valence-corrected chi connectivity index (χ1v) is 7.41. The van der Waals surface area contributed by atoms with Crippen LogP contribution in [0.2, 0.25) is 5.02 Å². The number of nitrogens with one attached hydrogen (secondary N) is 2. The highest BCUT2D eigenvalue weighted by molar-refractivity contribution is 6.30. The van der Waals surface area contributed by atoms with Crippen LogP contribution in [0, 0.1) is 0 Å². The molecule has 5 heteroatoms. The summed E-state index contributed by atoms with van der Waals surface area (Å²) in [6.45, 7) is 9.45. The summed E-state index contributed by atoms with van der Waals surface area (Å²) in [6, 6.07) is 7.80. The van der Waals surface area contributed by atoms with Crippen molar-refractivity contribution in [1.82, 2.24) is 15.5 Å². The molecule has 0 spiro atoms. The predicted octanol–water partition coefficient (Wildman–Crippen LogP) is 2.87. The second-order valence-corrected chi connectivity index (χ2v) is 5.39. The topological polar surface area (TPSA) is 44.4 Å². The van der Waals surface area contributed by atoms with E-state index in [0.717, 1.165) is 18.7 Å². The maximum Gasteiger partial charge on any atom is 0.315 e. The minimum absolute atomic E-state index is 0.139. The van der Waals surface area contributed by atoms with E-state index in [9.17, 15) is 4.79 Å². The molecule has 1 aromatic carbocycles. The van der Waals surface area contributed by atoms with Crippen LogP contribution in [0.25, 0.3) is 0 Å². The average molecular weight is 298 g/mol. The van der Waals surface area contributed by atoms with Crippen LogP contribution in [0.4, 0.5) is 4.79 Å². The van der Waals surface area contributed by atoms with E-state index in [0.29, 0.717) is 24.2 Å². The van der Waals surface area contributed by atoms with Gasteiger partial charge in [0.1, 0.15) is 0 Å². The standard InChI is InChI=1S/C15H24ClN3O/c1-4-19(12(2)3)10-9-17-15(20)18-11-13-5-7-14(16)8-6-13/h5-8,12H,4,9-11H2,1-3H3,(H2,17,18,20). The summed E-state index contributed by atoms with van der Waals surface area (Å²) in [5, 5.41) is 6.39. The first-order valence-electron chi connectivity index (χ1n) is 7.03. The molecule has 0 saturated carbocycles. The van der Waals surface area contributed by atoms with Gasteiger partial charge in [-0.05, 0) is 38.1 Å². The number of likely N-dealkylation sites (N-methyl/N-ethyl adjacent to an activating group) is 1. The van der Waals surface area contributed by atoms with E-state index in [2.05, 4.69) is 36.3 Å². The maximum atomic E-state index is 11.7. The fraction of sp³-hybridized carbons (Fsp3) is 0.533. The van der Waals surface area contributed by atoms with Crippen LogP contribution in [0.3, 0.4) is 0 Å². The molecule has 0 aliphatic heterocycles. The van der Waals surface area contributed by atoms with Crippen LogP contribution in [-0.2, 0) is 6.54 Å². The number of benzene rings is 1. The molecule has 0 radical (unpaired) electrons. The Balaban J connectivity index is 2.22. The highest BCUT2D eigenvalue weighted by Gasteiger charge is 2.07. The highest BCUT2D eigenvalue weighted by atomic mass is 35.5. The number of amides is 2. The molecule has 2 amide bonds. The molecule has 2 N–H and O–H groups in total. The molecule has 112 valence electrons. The van der Waals surface area contributed by atoms with E-state index in [1.54, 1.807) is 0 Å². The second-order valence-electron chi connectivity index (χ2n) is 4.96. The number of halogens is 1. The molecule has 0 aromatic heterocycles. The Labute approximate surface area is 126 Å². The van der Waals surface area contributed by atoms with Crippen LogP contribution in [0.15, 0.2) is 24.3 Å². The van der Waals surface area contributed by atoms with Gasteiger partial charge < -0.3 is 10.6 Å². The fourth-order valence-electron chi connectivity index (χ4n) is 1.94. The number of hydrogen-bond acceptors (Lipinski definition) is 2. The van der Waals surface area contributed by atoms with Gasteiger partial charge in [0.15, 0.2) is 0 Å². The van der Waals surface area contributed by atoms with Crippen molar-refractivity contribution < 1.29 is 4.79 Å². The number of carbonyl (C=O) groups excluding carboxylic acids is 1. The smallest absolute Gasteiger partial charge is 0.315 e. The van der Waals surface area contributed by atoms with Gasteiger partial charge in [0.25, 0.3) is 0 Å². The van der Waals surface area contributed by atoms with Crippen LogP contribution in [0.1, 0.15) is 26.3 Å². The van der Waals surface area contributed by atoms with Gasteiger partial charge >= 0.3 is 6.03 Å². The summed E-state index contributed by atoms with van der Waals surface area (Å²) < 4.78 is 0. The third-order valence-electron chi connectivity index (χ3n) is 3.19. The van der Waals surface area contributed by atoms with E-state index < -0.39 is 0 Å². The van der Waals surface area contributed by atoms with Crippen molar-refractivity contribution >= 4 is 17.6 Å². The van der Waals surface area contributed by atoms with Gasteiger partial charge in [-0.25, -0.2) is 4.79 Å². The van der Waals surface area contributed by atoms with E-state index in [1.165, 1.54) is 0 Å². The van der Waals surface area contributed by atoms with Gasteiger partial charge in [-0.2, -0.15) is 0 Å². The summed E-state index contributed by atoms with van der Waals surface area (Å²) in [5.74, 6) is 0. The number of urea groups is 1. The molecule has 1 rings (SSSR count). The Morgan fingerprint density at radius 2 is 1.90 bits per heavy atom. The van der Waals surface area contributed by atoms with Crippen LogP contribution < -0.4 is 10.6 Å². The summed E-state index contributed by atoms with van der Waals surface area (Å²) >= 11 is 5.81. The van der Waals surface area contributed by atoms with E-state index >= 15 is 0 Å². The number of carbonyl (C=O) groups is 1. The molecule has 0 bridgehead atoms. The number of rotatable bonds is 7. The quantitative estimate of drug-likeness (QED) is 0.813. The predicted molar refractivity (Wildman–Crippen MR) is 84.1 cm³/mol. The second kappa shape index (κ2) is 8.82. The normalized spacial score (nSPS) is 10.9. The lowest BCUT2D eigenvalue weighted by Crippen LogP contribution is -2.41. The Hall–Kier alpha value is -1.26. The summed E-state index contributed by atoms with van der Waals surface area (Å²) in [4.78, 5) is 14.0. The molecule has 0 aliphatic carbocycles. The summed E-state index contributed by atoms with van der Waals surface area (Å²) in [6.07, 6.45) is 0. The largest absolute Gasteiger partial charge is 0.337 e. The van der Waals surface area contributed by atoms with Crippen molar-refractivity contribution in [3.63, 3.8) is 0 Å². The molecule has 0 aliphatic rings. The SMILES string of the molecule is CCN(CCNC(=O)NCc1ccc(Cl)cc1)C(C)C. The van der Waals surface area contributed by atoms with Crippen molar-refractivity contribution in [3.05, 3.63) is 34.9 Å². The fourth-order valence-corrected chi connectivity index (χ4v) is 2.07. The van der Waals surface area contributed by atoms with E-state index in [4.69, 9.17) is 11.6 Å². The molecular weight excluding hydrogens is 274 g/mol. The lowest BCUT2D eigenvalue weighted by atomic mass is 10.2. The van der Waals surface area contributed by atoms with Gasteiger partial charge in [0, 0.05) is 30.7 Å². The lowest BCUT2D eigenvalue weighted by molar-refractivity contribution is 0.222. The highest BCUT2D eigenvalue weighted by Crippen LogP contribution is 2.08. The molecule has 0 heterocycles. The van der Waals surface area contributed by atoms with Crippen molar-refractivity contribution in [2.24, 2.45) is 0 Å². The van der Waals surface area contributed by atoms with Crippen molar-refractivity contribution in [2.75, 3.05) is 19.6 Å². The monoisotopic (exact) mass is 297 g/mol. The third kappa shape index (κ3) is 6.26. The Kier molecular flexibility index (Phi) is 7.41. The van der Waals surface area contributed by atoms with Crippen molar-refractivity contribution in [2.45, 2.75) is 33.4 Å². The first kappa shape index (κ1) is 16.8. The van der Waals surface area contributed by atoms with Crippen LogP contribution in [0.5, 0.6) is 0 Å². The first-order chi connectivity index (χ1) is 9.52. The summed E-state index contributed by atoms with van der Waals surface area (Å²) in [7, 11) is 0. The third-order valence-corrected chi connectivity index (χ3v) is 3.44. The Bertz CT molecular complexity index is 406. The maximum absolute atomic E-state index is 11.7. The van der Waals surface area contributed by atoms with E-state index in [1.807, 2.05) is 24.3 Å². The molecule has 0 atom stereocenters. The zero-order valence-corrected chi connectivity index (χ0v) is 13.2. The number of nitrogens with zero attached hydrogens (tertiary/aromatic N) is 1. The molecule has 0 fully saturated rings. The van der Waals surface area contributed by atoms with Gasteiger partial charge in [0.2, 0.25) is 0 Å². The van der Waals surface area contributed by atoms with Crippen LogP contribution >= 0.6 is 11.6 Å². The van der Waals surface area contributed by atoms with Gasteiger partial charge in [-0.15, -0.1) is 0 Å². The van der Waals surface area contributed by atoms with Gasteiger partial charge in [0.05, 0.1) is 0 Å². The minimum Gasteiger partial charge on any atom is -0.337 e. The van der Waals surface area contributed by atoms with Crippen molar-refractivity contribution in [1.29, 1.82) is 0 Å². The molecule has 4 nitrogen and oxygen atoms in total. The molecule has 0 unspecified atom stereocenters. The van der Waals surface area contributed by atoms with Crippen molar-refractivity contribution in [3.8, 4) is 0 Å².